The first kappa shape index (κ1) is 21.1. The van der Waals surface area contributed by atoms with Gasteiger partial charge in [0.25, 0.3) is 0 Å². The van der Waals surface area contributed by atoms with E-state index < -0.39 is 7.75 Å². The summed E-state index contributed by atoms with van der Waals surface area (Å²) in [5, 5.41) is 0. The Morgan fingerprint density at radius 3 is 1.71 bits per heavy atom. The predicted octanol–water partition coefficient (Wildman–Crippen LogP) is 5.37. The lowest BCUT2D eigenvalue weighted by Crippen LogP contribution is -2.24. The van der Waals surface area contributed by atoms with E-state index >= 15 is 0 Å². The lowest BCUT2D eigenvalue weighted by molar-refractivity contribution is 0.195. The van der Waals surface area contributed by atoms with Crippen LogP contribution in [0.2, 0.25) is 0 Å². The molecule has 0 aliphatic heterocycles. The molecule has 0 bridgehead atoms. The minimum Gasteiger partial charge on any atom is -0.312 e. The van der Waals surface area contributed by atoms with Gasteiger partial charge in [-0.25, -0.2) is 9.24 Å². The number of hydrogen-bond donors (Lipinski definition) is 1. The second-order valence-electron chi connectivity index (χ2n) is 5.75. The van der Waals surface area contributed by atoms with Crippen LogP contribution >= 0.6 is 7.75 Å². The van der Waals surface area contributed by atoms with E-state index in [0.717, 1.165) is 38.5 Å². The molecule has 0 aliphatic carbocycles. The van der Waals surface area contributed by atoms with Crippen LogP contribution in [0.25, 0.3) is 0 Å². The molecule has 1 N–H and O–H groups in total. The predicted molar refractivity (Wildman–Crippen MR) is 90.5 cm³/mol. The number of rotatable bonds is 15. The van der Waals surface area contributed by atoms with Crippen molar-refractivity contribution in [3.05, 3.63) is 0 Å². The van der Waals surface area contributed by atoms with Crippen molar-refractivity contribution in [3.63, 3.8) is 0 Å². The molecule has 0 fully saturated rings. The van der Waals surface area contributed by atoms with E-state index in [1.54, 1.807) is 4.67 Å². The second-order valence-corrected chi connectivity index (χ2v) is 7.56. The average molecular weight is 321 g/mol. The Balaban J connectivity index is 4.27. The second kappa shape index (κ2) is 13.8. The van der Waals surface area contributed by atoms with Gasteiger partial charge in [-0.3, -0.25) is 4.52 Å². The van der Waals surface area contributed by atoms with Gasteiger partial charge >= 0.3 is 7.75 Å². The van der Waals surface area contributed by atoms with Crippen molar-refractivity contribution in [1.29, 1.82) is 0 Å². The Morgan fingerprint density at radius 2 is 1.29 bits per heavy atom. The van der Waals surface area contributed by atoms with Crippen molar-refractivity contribution >= 4 is 7.75 Å². The van der Waals surface area contributed by atoms with E-state index in [-0.39, 0.29) is 0 Å². The van der Waals surface area contributed by atoms with Gasteiger partial charge in [0.05, 0.1) is 6.61 Å². The molecular formula is C16H36NO3P. The van der Waals surface area contributed by atoms with Gasteiger partial charge in [-0.05, 0) is 19.3 Å². The Labute approximate surface area is 131 Å². The number of unbranched alkanes of at least 4 members (excludes halogenated alkanes) is 7. The van der Waals surface area contributed by atoms with Gasteiger partial charge in [-0.15, -0.1) is 0 Å². The summed E-state index contributed by atoms with van der Waals surface area (Å²) in [6.07, 6.45) is 10.8. The van der Waals surface area contributed by atoms with Crippen LogP contribution in [0.5, 0.6) is 0 Å². The molecule has 0 heterocycles. The van der Waals surface area contributed by atoms with Gasteiger partial charge in [-0.2, -0.15) is 0 Å². The van der Waals surface area contributed by atoms with E-state index in [2.05, 4.69) is 20.8 Å². The molecule has 0 spiro atoms. The van der Waals surface area contributed by atoms with Crippen molar-refractivity contribution in [2.75, 3.05) is 19.7 Å². The van der Waals surface area contributed by atoms with Gasteiger partial charge < -0.3 is 4.89 Å². The Morgan fingerprint density at radius 1 is 0.810 bits per heavy atom. The zero-order valence-electron chi connectivity index (χ0n) is 14.4. The first-order valence-electron chi connectivity index (χ1n) is 8.81. The molecule has 0 aliphatic rings. The van der Waals surface area contributed by atoms with E-state index in [4.69, 9.17) is 4.52 Å². The minimum absolute atomic E-state index is 0.380. The maximum Gasteiger partial charge on any atom is 0.405 e. The standard InChI is InChI=1S/C16H36NO3P/c1-4-7-10-12-14-17(15-13-11-8-5-2)21(18,19)20-16-9-6-3/h4-16H2,1-3H3,(H,18,19). The van der Waals surface area contributed by atoms with Crippen molar-refractivity contribution in [2.45, 2.75) is 85.0 Å². The molecule has 0 rings (SSSR count). The first-order valence-corrected chi connectivity index (χ1v) is 10.3. The third kappa shape index (κ3) is 11.3. The minimum atomic E-state index is -3.60. The van der Waals surface area contributed by atoms with Gasteiger partial charge in [-0.1, -0.05) is 65.7 Å². The lowest BCUT2D eigenvalue weighted by Gasteiger charge is -2.26. The highest BCUT2D eigenvalue weighted by molar-refractivity contribution is 7.50. The molecule has 1 unspecified atom stereocenters. The largest absolute Gasteiger partial charge is 0.405 e. The topological polar surface area (TPSA) is 49.8 Å². The SMILES string of the molecule is CCCCCCN(CCCCCC)P(=O)(O)OCCCC. The lowest BCUT2D eigenvalue weighted by atomic mass is 10.2. The molecule has 21 heavy (non-hydrogen) atoms. The fraction of sp³-hybridized carbons (Fsp3) is 1.00. The van der Waals surface area contributed by atoms with Gasteiger partial charge in [0.2, 0.25) is 0 Å². The molecule has 0 radical (unpaired) electrons. The normalized spacial score (nSPS) is 14.5. The Hall–Kier alpha value is 0.110. The van der Waals surface area contributed by atoms with Crippen LogP contribution in [0.4, 0.5) is 0 Å². The van der Waals surface area contributed by atoms with Crippen LogP contribution in [0.1, 0.15) is 85.0 Å². The van der Waals surface area contributed by atoms with Gasteiger partial charge in [0.15, 0.2) is 0 Å². The van der Waals surface area contributed by atoms with Crippen LogP contribution in [-0.2, 0) is 9.09 Å². The average Bonchev–Trinajstić information content (AvgIpc) is 2.45. The highest BCUT2D eigenvalue weighted by Crippen LogP contribution is 2.46. The van der Waals surface area contributed by atoms with E-state index in [0.29, 0.717) is 19.7 Å². The maximum atomic E-state index is 12.4. The molecule has 5 heteroatoms. The molecule has 128 valence electrons. The van der Waals surface area contributed by atoms with Gasteiger partial charge in [0, 0.05) is 13.1 Å². The molecule has 4 nitrogen and oxygen atoms in total. The monoisotopic (exact) mass is 321 g/mol. The summed E-state index contributed by atoms with van der Waals surface area (Å²) in [5.41, 5.74) is 0. The van der Waals surface area contributed by atoms with Crippen LogP contribution in [0.3, 0.4) is 0 Å². The van der Waals surface area contributed by atoms with Crippen LogP contribution in [0.15, 0.2) is 0 Å². The molecule has 0 saturated heterocycles. The zero-order chi connectivity index (χ0) is 16.0. The van der Waals surface area contributed by atoms with Crippen molar-refractivity contribution in [2.24, 2.45) is 0 Å². The molecule has 0 aromatic carbocycles. The fourth-order valence-electron chi connectivity index (χ4n) is 2.22. The smallest absolute Gasteiger partial charge is 0.312 e. The van der Waals surface area contributed by atoms with E-state index in [1.807, 2.05) is 0 Å². The summed E-state index contributed by atoms with van der Waals surface area (Å²) in [5.74, 6) is 0. The zero-order valence-corrected chi connectivity index (χ0v) is 15.2. The number of nitrogens with zero attached hydrogens (tertiary/aromatic N) is 1. The summed E-state index contributed by atoms with van der Waals surface area (Å²) in [6, 6.07) is 0. The summed E-state index contributed by atoms with van der Waals surface area (Å²) in [4.78, 5) is 10.2. The van der Waals surface area contributed by atoms with E-state index in [9.17, 15) is 9.46 Å². The van der Waals surface area contributed by atoms with E-state index in [1.165, 1.54) is 25.7 Å². The third-order valence-corrected chi connectivity index (χ3v) is 5.29. The van der Waals surface area contributed by atoms with Crippen molar-refractivity contribution < 1.29 is 14.0 Å². The van der Waals surface area contributed by atoms with Crippen LogP contribution in [0, 0.1) is 0 Å². The molecular weight excluding hydrogens is 285 g/mol. The summed E-state index contributed by atoms with van der Waals surface area (Å²) in [6.45, 7) is 8.13. The maximum absolute atomic E-state index is 12.4. The summed E-state index contributed by atoms with van der Waals surface area (Å²) >= 11 is 0. The quantitative estimate of drug-likeness (QED) is 0.325. The summed E-state index contributed by atoms with van der Waals surface area (Å²) in [7, 11) is -3.60. The van der Waals surface area contributed by atoms with Crippen LogP contribution < -0.4 is 0 Å². The van der Waals surface area contributed by atoms with Crippen molar-refractivity contribution in [3.8, 4) is 0 Å². The summed E-state index contributed by atoms with van der Waals surface area (Å²) < 4.78 is 19.3. The molecule has 0 amide bonds. The fourth-order valence-corrected chi connectivity index (χ4v) is 3.53. The number of hydrogen-bond acceptors (Lipinski definition) is 2. The molecule has 1 atom stereocenters. The third-order valence-electron chi connectivity index (χ3n) is 3.65. The Kier molecular flexibility index (Phi) is 13.8. The van der Waals surface area contributed by atoms with Crippen molar-refractivity contribution in [1.82, 2.24) is 4.67 Å². The highest BCUT2D eigenvalue weighted by atomic mass is 31.2. The van der Waals surface area contributed by atoms with Crippen LogP contribution in [-0.4, -0.2) is 29.3 Å². The molecule has 0 saturated carbocycles. The molecule has 0 aromatic rings. The van der Waals surface area contributed by atoms with Gasteiger partial charge in [0.1, 0.15) is 0 Å². The molecule has 0 aromatic heterocycles. The Bertz CT molecular complexity index is 262. The highest BCUT2D eigenvalue weighted by Gasteiger charge is 2.28. The first-order chi connectivity index (χ1) is 10.1.